The average molecular weight is 658 g/mol. The quantitative estimate of drug-likeness (QED) is 0.156. The molecule has 0 amide bonds. The zero-order valence-electron chi connectivity index (χ0n) is 25.4. The molecule has 0 radical (unpaired) electrons. The van der Waals surface area contributed by atoms with Gasteiger partial charge >= 0.3 is 26.2 Å². The van der Waals surface area contributed by atoms with Crippen LogP contribution in [-0.4, -0.2) is 0 Å². The van der Waals surface area contributed by atoms with Crippen LogP contribution in [0.1, 0.15) is 33.4 Å². The van der Waals surface area contributed by atoms with Crippen LogP contribution in [-0.2, 0) is 26.2 Å². The van der Waals surface area contributed by atoms with Crippen molar-refractivity contribution in [3.63, 3.8) is 0 Å². The minimum absolute atomic E-state index is 0. The van der Waals surface area contributed by atoms with E-state index in [1.807, 2.05) is 66.7 Å². The number of benzene rings is 6. The van der Waals surface area contributed by atoms with Gasteiger partial charge in [-0.05, 0) is 0 Å². The van der Waals surface area contributed by atoms with Crippen molar-refractivity contribution >= 4 is 0 Å². The Balaban J connectivity index is 0.000000169. The van der Waals surface area contributed by atoms with Crippen molar-refractivity contribution in [1.29, 1.82) is 0 Å². The third-order valence-electron chi connectivity index (χ3n) is 6.35. The second-order valence-electron chi connectivity index (χ2n) is 9.86. The van der Waals surface area contributed by atoms with Gasteiger partial charge in [0.1, 0.15) is 0 Å². The maximum atomic E-state index is 2.17. The van der Waals surface area contributed by atoms with E-state index in [4.69, 9.17) is 0 Å². The third kappa shape index (κ3) is 14.9. The minimum Gasteiger partial charge on any atom is -0.214 e. The van der Waals surface area contributed by atoms with Gasteiger partial charge in [-0.1, -0.05) is 109 Å². The van der Waals surface area contributed by atoms with Gasteiger partial charge in [-0.15, -0.1) is 125 Å². The van der Waals surface area contributed by atoms with Crippen LogP contribution in [0.5, 0.6) is 0 Å². The summed E-state index contributed by atoms with van der Waals surface area (Å²) in [4.78, 5) is 0. The second-order valence-corrected chi connectivity index (χ2v) is 9.86. The van der Waals surface area contributed by atoms with Crippen LogP contribution in [0.2, 0.25) is 0 Å². The summed E-state index contributed by atoms with van der Waals surface area (Å²) in [5.41, 5.74) is 7.47. The summed E-state index contributed by atoms with van der Waals surface area (Å²) in [7, 11) is 0. The summed E-state index contributed by atoms with van der Waals surface area (Å²) in [5, 5.41) is 0. The molecule has 0 aliphatic carbocycles. The molecular formula is C44H38Zr. The van der Waals surface area contributed by atoms with E-state index >= 15 is 0 Å². The molecule has 0 spiro atoms. The summed E-state index contributed by atoms with van der Waals surface area (Å²) < 4.78 is 0. The van der Waals surface area contributed by atoms with Crippen molar-refractivity contribution in [3.8, 4) is 0 Å². The molecular weight excluding hydrogens is 620 g/mol. The molecule has 0 aliphatic heterocycles. The fourth-order valence-corrected chi connectivity index (χ4v) is 4.19. The van der Waals surface area contributed by atoms with Gasteiger partial charge in [-0.3, -0.25) is 0 Å². The van der Waals surface area contributed by atoms with Gasteiger partial charge in [0.2, 0.25) is 0 Å². The summed E-state index contributed by atoms with van der Waals surface area (Å²) >= 11 is 0. The average Bonchev–Trinajstić information content (AvgIpc) is 3.69. The molecule has 218 valence electrons. The summed E-state index contributed by atoms with van der Waals surface area (Å²) in [5.74, 6) is 0. The Morgan fingerprint density at radius 3 is 0.556 bits per heavy atom. The molecule has 0 bridgehead atoms. The van der Waals surface area contributed by atoms with Gasteiger partial charge in [0.05, 0.1) is 0 Å². The Hall–Kier alpha value is -4.84. The smallest absolute Gasteiger partial charge is 0.214 e. The third-order valence-corrected chi connectivity index (χ3v) is 6.35. The Morgan fingerprint density at radius 2 is 0.422 bits per heavy atom. The second kappa shape index (κ2) is 21.8. The summed E-state index contributed by atoms with van der Waals surface area (Å²) in [6.45, 7) is 0. The van der Waals surface area contributed by atoms with Crippen LogP contribution in [0.3, 0.4) is 0 Å². The van der Waals surface area contributed by atoms with Gasteiger partial charge < -0.3 is 0 Å². The van der Waals surface area contributed by atoms with Crippen molar-refractivity contribution < 1.29 is 26.2 Å². The maximum absolute atomic E-state index is 2.17. The van der Waals surface area contributed by atoms with E-state index in [2.05, 4.69) is 165 Å². The molecule has 7 aromatic carbocycles. The number of hydrogen-bond acceptors (Lipinski definition) is 0. The van der Waals surface area contributed by atoms with E-state index in [0.29, 0.717) is 0 Å². The van der Waals surface area contributed by atoms with Crippen molar-refractivity contribution in [2.45, 2.75) is 0 Å². The van der Waals surface area contributed by atoms with Gasteiger partial charge in [-0.2, -0.15) is 18.2 Å². The molecule has 7 rings (SSSR count). The monoisotopic (exact) mass is 656 g/mol. The first-order chi connectivity index (χ1) is 21.8. The van der Waals surface area contributed by atoms with Gasteiger partial charge in [-0.25, -0.2) is 12.1 Å². The van der Waals surface area contributed by atoms with Gasteiger partial charge in [0.25, 0.3) is 0 Å². The van der Waals surface area contributed by atoms with Crippen molar-refractivity contribution in [1.82, 2.24) is 0 Å². The Bertz CT molecular complexity index is 1300. The molecule has 0 atom stereocenters. The predicted molar refractivity (Wildman–Crippen MR) is 188 cm³/mol. The molecule has 0 nitrogen and oxygen atoms in total. The van der Waals surface area contributed by atoms with E-state index < -0.39 is 0 Å². The molecule has 0 fully saturated rings. The molecule has 0 saturated heterocycles. The van der Waals surface area contributed by atoms with E-state index in [-0.39, 0.29) is 26.2 Å². The molecule has 0 aliphatic rings. The molecule has 0 heterocycles. The molecule has 0 N–H and O–H groups in total. The van der Waals surface area contributed by atoms with Crippen molar-refractivity contribution in [2.24, 2.45) is 0 Å². The van der Waals surface area contributed by atoms with Gasteiger partial charge in [0.15, 0.2) is 0 Å². The standard InChI is InChI=1S/3C13H11.C5H5.Zr/c3*1-3-7-12(8-4-1)11-13-9-5-2-6-10-13;1-2-4-5-3-1;/h3*1-11H;1-5H;/q4*-1;+4. The fourth-order valence-electron chi connectivity index (χ4n) is 4.19. The number of hydrogen-bond donors (Lipinski definition) is 0. The molecule has 0 aromatic heterocycles. The Kier molecular flexibility index (Phi) is 16.8. The van der Waals surface area contributed by atoms with E-state index in [0.717, 1.165) is 0 Å². The normalized spacial score (nSPS) is 9.16. The SMILES string of the molecule is [Zr+4].c1cc[cH-]c1.c1ccc([CH-]c2ccccc2)cc1.c1ccc([CH-]c2ccccc2)cc1.c1ccc([CH-]c2ccccc2)cc1. The van der Waals surface area contributed by atoms with Crippen LogP contribution in [0, 0.1) is 19.3 Å². The fraction of sp³-hybridized carbons (Fsp3) is 0. The van der Waals surface area contributed by atoms with Crippen LogP contribution in [0.4, 0.5) is 0 Å². The topological polar surface area (TPSA) is 0 Å². The summed E-state index contributed by atoms with van der Waals surface area (Å²) in [6, 6.07) is 72.0. The first-order valence-corrected chi connectivity index (χ1v) is 14.9. The zero-order chi connectivity index (χ0) is 30.3. The van der Waals surface area contributed by atoms with Crippen LogP contribution in [0.15, 0.2) is 212 Å². The minimum atomic E-state index is 0. The molecule has 1 heteroatoms. The maximum Gasteiger partial charge on any atom is 4.00 e. The largest absolute Gasteiger partial charge is 4.00 e. The first kappa shape index (κ1) is 34.7. The van der Waals surface area contributed by atoms with E-state index in [1.54, 1.807) is 0 Å². The predicted octanol–water partition coefficient (Wildman–Crippen LogP) is 11.3. The Labute approximate surface area is 289 Å². The summed E-state index contributed by atoms with van der Waals surface area (Å²) in [6.07, 6.45) is 6.50. The van der Waals surface area contributed by atoms with E-state index in [9.17, 15) is 0 Å². The van der Waals surface area contributed by atoms with E-state index in [1.165, 1.54) is 33.4 Å². The molecule has 45 heavy (non-hydrogen) atoms. The van der Waals surface area contributed by atoms with Gasteiger partial charge in [0, 0.05) is 0 Å². The van der Waals surface area contributed by atoms with Crippen molar-refractivity contribution in [2.75, 3.05) is 0 Å². The molecule has 0 unspecified atom stereocenters. The van der Waals surface area contributed by atoms with Crippen LogP contribution < -0.4 is 0 Å². The van der Waals surface area contributed by atoms with Crippen LogP contribution >= 0.6 is 0 Å². The first-order valence-electron chi connectivity index (χ1n) is 14.9. The Morgan fingerprint density at radius 1 is 0.244 bits per heavy atom. The van der Waals surface area contributed by atoms with Crippen molar-refractivity contribution in [3.05, 3.63) is 265 Å². The number of rotatable bonds is 6. The van der Waals surface area contributed by atoms with Crippen LogP contribution in [0.25, 0.3) is 0 Å². The molecule has 0 saturated carbocycles. The molecule has 7 aromatic rings. The zero-order valence-corrected chi connectivity index (χ0v) is 27.9.